The van der Waals surface area contributed by atoms with Crippen LogP contribution in [0.1, 0.15) is 13.8 Å². The van der Waals surface area contributed by atoms with Gasteiger partial charge in [-0.15, -0.1) is 0 Å². The number of nitrogen functional groups attached to an aromatic ring is 1. The Kier molecular flexibility index (Phi) is 5.13. The maximum Gasteiger partial charge on any atom is 0.328 e. The van der Waals surface area contributed by atoms with Crippen LogP contribution in [0.3, 0.4) is 0 Å². The Morgan fingerprint density at radius 2 is 1.81 bits per heavy atom. The van der Waals surface area contributed by atoms with Gasteiger partial charge in [0.15, 0.2) is 0 Å². The van der Waals surface area contributed by atoms with Crippen LogP contribution < -0.4 is 20.9 Å². The molecule has 0 unspecified atom stereocenters. The van der Waals surface area contributed by atoms with Gasteiger partial charge in [-0.05, 0) is 38.1 Å². The molecule has 0 saturated carbocycles. The van der Waals surface area contributed by atoms with Gasteiger partial charge in [-0.3, -0.25) is 5.43 Å². The fourth-order valence-corrected chi connectivity index (χ4v) is 1.84. The van der Waals surface area contributed by atoms with Crippen LogP contribution in [0.2, 0.25) is 5.02 Å². The Bertz CT molecular complexity index is 588. The Morgan fingerprint density at radius 3 is 2.38 bits per heavy atom. The van der Waals surface area contributed by atoms with Gasteiger partial charge in [0.25, 0.3) is 0 Å². The van der Waals surface area contributed by atoms with E-state index in [1.165, 1.54) is 0 Å². The molecule has 0 amide bonds. The highest BCUT2D eigenvalue weighted by atomic mass is 35.5. The van der Waals surface area contributed by atoms with E-state index in [-0.39, 0.29) is 12.0 Å². The average Bonchev–Trinajstić information content (AvgIpc) is 2.50. The number of ether oxygens (including phenoxy) is 1. The summed E-state index contributed by atoms with van der Waals surface area (Å²) >= 11 is 5.84. The Morgan fingerprint density at radius 1 is 1.14 bits per heavy atom. The molecule has 0 radical (unpaired) electrons. The van der Waals surface area contributed by atoms with Crippen molar-refractivity contribution >= 4 is 23.5 Å². The minimum atomic E-state index is 0.169. The highest BCUT2D eigenvalue weighted by Crippen LogP contribution is 2.22. The fourth-order valence-electron chi connectivity index (χ4n) is 1.71. The summed E-state index contributed by atoms with van der Waals surface area (Å²) in [4.78, 5) is 14.6. The number of hydrogen-bond donors (Lipinski definition) is 2. The molecule has 112 valence electrons. The third kappa shape index (κ3) is 3.93. The average molecular weight is 309 g/mol. The molecule has 0 saturated heterocycles. The molecule has 0 bridgehead atoms. The first-order valence-corrected chi connectivity index (χ1v) is 6.95. The Balaban J connectivity index is 2.29. The summed E-state index contributed by atoms with van der Waals surface area (Å²) in [6, 6.07) is 7.09. The van der Waals surface area contributed by atoms with Crippen molar-refractivity contribution in [2.75, 3.05) is 23.4 Å². The largest absolute Gasteiger partial charge is 0.424 e. The van der Waals surface area contributed by atoms with Gasteiger partial charge in [0.1, 0.15) is 5.75 Å². The SMILES string of the molecule is CCN(CC)c1nc(NN)nc(Oc2ccc(Cl)cc2)n1. The molecule has 1 aromatic heterocycles. The van der Waals surface area contributed by atoms with Crippen molar-refractivity contribution in [2.45, 2.75) is 13.8 Å². The Labute approximate surface area is 128 Å². The van der Waals surface area contributed by atoms with Gasteiger partial charge in [0.2, 0.25) is 11.9 Å². The zero-order valence-electron chi connectivity index (χ0n) is 11.9. The third-order valence-electron chi connectivity index (χ3n) is 2.80. The highest BCUT2D eigenvalue weighted by Gasteiger charge is 2.12. The molecule has 0 atom stereocenters. The van der Waals surface area contributed by atoms with Crippen LogP contribution in [0.4, 0.5) is 11.9 Å². The molecule has 0 spiro atoms. The Hall–Kier alpha value is -2.12. The summed E-state index contributed by atoms with van der Waals surface area (Å²) in [5.74, 6) is 6.72. The highest BCUT2D eigenvalue weighted by molar-refractivity contribution is 6.30. The number of anilines is 2. The number of halogens is 1. The first kappa shape index (κ1) is 15.3. The molecule has 1 aromatic carbocycles. The van der Waals surface area contributed by atoms with Crippen molar-refractivity contribution in [1.82, 2.24) is 15.0 Å². The number of nitrogens with one attached hydrogen (secondary N) is 1. The lowest BCUT2D eigenvalue weighted by Crippen LogP contribution is -2.25. The van der Waals surface area contributed by atoms with E-state index in [0.717, 1.165) is 13.1 Å². The van der Waals surface area contributed by atoms with Gasteiger partial charge < -0.3 is 9.64 Å². The van der Waals surface area contributed by atoms with Crippen LogP contribution in [-0.4, -0.2) is 28.0 Å². The lowest BCUT2D eigenvalue weighted by molar-refractivity contribution is 0.440. The van der Waals surface area contributed by atoms with Crippen molar-refractivity contribution in [3.05, 3.63) is 29.3 Å². The summed E-state index contributed by atoms with van der Waals surface area (Å²) in [7, 11) is 0. The smallest absolute Gasteiger partial charge is 0.328 e. The second-order valence-corrected chi connectivity index (χ2v) is 4.55. The zero-order valence-corrected chi connectivity index (χ0v) is 12.6. The van der Waals surface area contributed by atoms with Crippen LogP contribution in [0.25, 0.3) is 0 Å². The summed E-state index contributed by atoms with van der Waals surface area (Å²) in [5, 5.41) is 0.631. The van der Waals surface area contributed by atoms with Crippen molar-refractivity contribution in [3.63, 3.8) is 0 Å². The van der Waals surface area contributed by atoms with Crippen LogP contribution >= 0.6 is 11.6 Å². The lowest BCUT2D eigenvalue weighted by atomic mass is 10.3. The molecule has 0 aliphatic rings. The van der Waals surface area contributed by atoms with E-state index in [1.54, 1.807) is 24.3 Å². The normalized spacial score (nSPS) is 10.3. The van der Waals surface area contributed by atoms with E-state index in [2.05, 4.69) is 20.4 Å². The minimum Gasteiger partial charge on any atom is -0.424 e. The quantitative estimate of drug-likeness (QED) is 0.625. The molecule has 7 nitrogen and oxygen atoms in total. The molecule has 8 heteroatoms. The van der Waals surface area contributed by atoms with E-state index in [1.807, 2.05) is 18.7 Å². The van der Waals surface area contributed by atoms with E-state index in [4.69, 9.17) is 22.2 Å². The number of nitrogens with two attached hydrogens (primary N) is 1. The maximum absolute atomic E-state index is 5.84. The molecule has 0 aliphatic heterocycles. The predicted molar refractivity (Wildman–Crippen MR) is 82.7 cm³/mol. The maximum atomic E-state index is 5.84. The second kappa shape index (κ2) is 7.05. The van der Waals surface area contributed by atoms with Gasteiger partial charge in [0, 0.05) is 18.1 Å². The van der Waals surface area contributed by atoms with Gasteiger partial charge >= 0.3 is 6.01 Å². The number of nitrogens with zero attached hydrogens (tertiary/aromatic N) is 4. The molecule has 21 heavy (non-hydrogen) atoms. The molecule has 0 fully saturated rings. The summed E-state index contributed by atoms with van der Waals surface area (Å²) in [5.41, 5.74) is 2.42. The third-order valence-corrected chi connectivity index (χ3v) is 3.05. The molecule has 2 rings (SSSR count). The van der Waals surface area contributed by atoms with Crippen molar-refractivity contribution < 1.29 is 4.74 Å². The summed E-state index contributed by atoms with van der Waals surface area (Å²) in [6.07, 6.45) is 0. The van der Waals surface area contributed by atoms with E-state index in [9.17, 15) is 0 Å². The van der Waals surface area contributed by atoms with Crippen LogP contribution in [-0.2, 0) is 0 Å². The van der Waals surface area contributed by atoms with Crippen molar-refractivity contribution in [2.24, 2.45) is 5.84 Å². The molecule has 0 aliphatic carbocycles. The minimum absolute atomic E-state index is 0.169. The second-order valence-electron chi connectivity index (χ2n) is 4.11. The van der Waals surface area contributed by atoms with Crippen LogP contribution in [0.5, 0.6) is 11.8 Å². The van der Waals surface area contributed by atoms with Crippen molar-refractivity contribution in [3.8, 4) is 11.8 Å². The number of benzene rings is 1. The molecular formula is C13H17ClN6O. The summed E-state index contributed by atoms with van der Waals surface area (Å²) < 4.78 is 5.61. The monoisotopic (exact) mass is 308 g/mol. The van der Waals surface area contributed by atoms with E-state index >= 15 is 0 Å². The first-order chi connectivity index (χ1) is 10.2. The van der Waals surface area contributed by atoms with Crippen LogP contribution in [0, 0.1) is 0 Å². The molecular weight excluding hydrogens is 292 g/mol. The number of hydrazine groups is 1. The lowest BCUT2D eigenvalue weighted by Gasteiger charge is -2.19. The van der Waals surface area contributed by atoms with E-state index in [0.29, 0.717) is 16.7 Å². The van der Waals surface area contributed by atoms with Gasteiger partial charge in [-0.1, -0.05) is 11.6 Å². The zero-order chi connectivity index (χ0) is 15.2. The molecule has 3 N–H and O–H groups in total. The van der Waals surface area contributed by atoms with Crippen LogP contribution in [0.15, 0.2) is 24.3 Å². The number of hydrogen-bond acceptors (Lipinski definition) is 7. The van der Waals surface area contributed by atoms with Gasteiger partial charge in [-0.25, -0.2) is 5.84 Å². The number of aromatic nitrogens is 3. The fraction of sp³-hybridized carbons (Fsp3) is 0.308. The van der Waals surface area contributed by atoms with Crippen molar-refractivity contribution in [1.29, 1.82) is 0 Å². The molecule has 1 heterocycles. The van der Waals surface area contributed by atoms with Gasteiger partial charge in [0.05, 0.1) is 0 Å². The molecule has 2 aromatic rings. The standard InChI is InChI=1S/C13H17ClN6O/c1-3-20(4-2)12-16-11(19-15)17-13(18-12)21-10-7-5-9(14)6-8-10/h5-8H,3-4,15H2,1-2H3,(H,16,17,18,19). The number of rotatable bonds is 6. The van der Waals surface area contributed by atoms with E-state index < -0.39 is 0 Å². The first-order valence-electron chi connectivity index (χ1n) is 6.57. The van der Waals surface area contributed by atoms with Gasteiger partial charge in [-0.2, -0.15) is 15.0 Å². The topological polar surface area (TPSA) is 89.2 Å². The summed E-state index contributed by atoms with van der Waals surface area (Å²) in [6.45, 7) is 5.57. The predicted octanol–water partition coefficient (Wildman–Crippen LogP) is 2.45.